The Balaban J connectivity index is 1.42. The Morgan fingerprint density at radius 2 is 1.86 bits per heavy atom. The lowest BCUT2D eigenvalue weighted by Crippen LogP contribution is -3.28. The lowest BCUT2D eigenvalue weighted by Gasteiger charge is -2.31. The Bertz CT molecular complexity index is 744. The van der Waals surface area contributed by atoms with E-state index in [9.17, 15) is 14.0 Å². The number of amides is 2. The molecule has 1 aliphatic carbocycles. The van der Waals surface area contributed by atoms with Gasteiger partial charge in [-0.25, -0.2) is 4.39 Å². The summed E-state index contributed by atoms with van der Waals surface area (Å²) in [6.07, 6.45) is 6.42. The zero-order valence-corrected chi connectivity index (χ0v) is 17.3. The van der Waals surface area contributed by atoms with Gasteiger partial charge in [-0.3, -0.25) is 9.59 Å². The summed E-state index contributed by atoms with van der Waals surface area (Å²) in [7, 11) is 0. The molecular weight excluding hydrogens is 371 g/mol. The number of allylic oxidation sites excluding steroid dienone is 2. The van der Waals surface area contributed by atoms with Crippen molar-refractivity contribution in [2.45, 2.75) is 32.6 Å². The molecule has 3 rings (SSSR count). The molecule has 1 saturated heterocycles. The fourth-order valence-electron chi connectivity index (χ4n) is 4.17. The van der Waals surface area contributed by atoms with Gasteiger partial charge in [0.2, 0.25) is 0 Å². The molecule has 158 valence electrons. The molecule has 6 nitrogen and oxygen atoms in total. The van der Waals surface area contributed by atoms with Crippen LogP contribution in [-0.4, -0.2) is 62.5 Å². The topological polar surface area (TPSA) is 58.3 Å². The van der Waals surface area contributed by atoms with Crippen molar-refractivity contribution in [3.63, 3.8) is 0 Å². The quantitative estimate of drug-likeness (QED) is 0.565. The van der Waals surface area contributed by atoms with E-state index in [1.165, 1.54) is 27.6 Å². The van der Waals surface area contributed by atoms with Gasteiger partial charge in [-0.2, -0.15) is 0 Å². The van der Waals surface area contributed by atoms with Crippen LogP contribution in [0.3, 0.4) is 0 Å². The largest absolute Gasteiger partial charge is 0.321 e. The molecule has 1 aromatic rings. The number of carbonyl (C=O) groups excluding carboxylic acids is 2. The molecule has 2 amide bonds. The third-order valence-corrected chi connectivity index (χ3v) is 5.70. The molecule has 1 heterocycles. The highest BCUT2D eigenvalue weighted by Crippen LogP contribution is 2.21. The minimum absolute atomic E-state index is 0.104. The van der Waals surface area contributed by atoms with Gasteiger partial charge in [-0.05, 0) is 43.9 Å². The highest BCUT2D eigenvalue weighted by molar-refractivity contribution is 5.91. The van der Waals surface area contributed by atoms with E-state index < -0.39 is 0 Å². The van der Waals surface area contributed by atoms with E-state index in [0.717, 1.165) is 58.4 Å². The maximum atomic E-state index is 13.2. The number of rotatable bonds is 8. The number of hydrogen-bond donors (Lipinski definition) is 3. The van der Waals surface area contributed by atoms with Crippen LogP contribution < -0.4 is 15.1 Å². The second-order valence-corrected chi connectivity index (χ2v) is 8.05. The van der Waals surface area contributed by atoms with Crippen molar-refractivity contribution in [1.82, 2.24) is 4.90 Å². The van der Waals surface area contributed by atoms with Gasteiger partial charge in [-0.15, -0.1) is 0 Å². The van der Waals surface area contributed by atoms with Gasteiger partial charge in [0.05, 0.1) is 0 Å². The number of nitrogens with one attached hydrogen (secondary N) is 3. The fraction of sp³-hybridized carbons (Fsp3) is 0.545. The summed E-state index contributed by atoms with van der Waals surface area (Å²) in [5.41, 5.74) is 1.69. The lowest BCUT2D eigenvalue weighted by molar-refractivity contribution is -1.00. The summed E-state index contributed by atoms with van der Waals surface area (Å²) >= 11 is 0. The van der Waals surface area contributed by atoms with E-state index in [1.807, 2.05) is 4.90 Å². The maximum absolute atomic E-state index is 13.2. The van der Waals surface area contributed by atoms with E-state index in [-0.39, 0.29) is 17.6 Å². The molecule has 1 fully saturated rings. The molecule has 0 unspecified atom stereocenters. The second kappa shape index (κ2) is 10.5. The molecule has 0 aromatic heterocycles. The first-order valence-corrected chi connectivity index (χ1v) is 10.8. The van der Waals surface area contributed by atoms with Gasteiger partial charge in [0.15, 0.2) is 13.1 Å². The van der Waals surface area contributed by atoms with Gasteiger partial charge >= 0.3 is 0 Å². The van der Waals surface area contributed by atoms with E-state index in [1.54, 1.807) is 12.1 Å². The third-order valence-electron chi connectivity index (χ3n) is 5.70. The summed E-state index contributed by atoms with van der Waals surface area (Å²) in [6, 6.07) is 5.95. The van der Waals surface area contributed by atoms with Crippen molar-refractivity contribution in [3.8, 4) is 0 Å². The maximum Gasteiger partial charge on any atom is 0.281 e. The van der Waals surface area contributed by atoms with E-state index >= 15 is 0 Å². The molecule has 1 aromatic carbocycles. The number of anilines is 1. The Morgan fingerprint density at radius 1 is 1.14 bits per heavy atom. The molecule has 0 bridgehead atoms. The minimum atomic E-state index is -0.359. The number of quaternary nitrogens is 2. The second-order valence-electron chi connectivity index (χ2n) is 8.05. The molecule has 0 radical (unpaired) electrons. The van der Waals surface area contributed by atoms with Crippen LogP contribution in [0, 0.1) is 5.82 Å². The van der Waals surface area contributed by atoms with Crippen LogP contribution in [0.4, 0.5) is 10.1 Å². The SMILES string of the molecule is CCCN(C(=O)C[NH+]1CC[NH+](CC(=O)Nc2cccc(F)c2)CC1)C1=CCCC1. The smallest absolute Gasteiger partial charge is 0.281 e. The zero-order valence-electron chi connectivity index (χ0n) is 17.3. The van der Waals surface area contributed by atoms with Crippen LogP contribution in [0.2, 0.25) is 0 Å². The first-order chi connectivity index (χ1) is 14.0. The molecule has 2 aliphatic rings. The molecular formula is C22H33FN4O2+2. The van der Waals surface area contributed by atoms with Crippen LogP contribution in [0.5, 0.6) is 0 Å². The summed E-state index contributed by atoms with van der Waals surface area (Å²) in [4.78, 5) is 29.6. The fourth-order valence-corrected chi connectivity index (χ4v) is 4.17. The molecule has 7 heteroatoms. The van der Waals surface area contributed by atoms with Gasteiger partial charge in [-0.1, -0.05) is 19.1 Å². The van der Waals surface area contributed by atoms with Crippen molar-refractivity contribution in [1.29, 1.82) is 0 Å². The lowest BCUT2D eigenvalue weighted by atomic mass is 10.2. The van der Waals surface area contributed by atoms with Crippen LogP contribution in [-0.2, 0) is 9.59 Å². The van der Waals surface area contributed by atoms with Gasteiger partial charge < -0.3 is 20.0 Å². The van der Waals surface area contributed by atoms with Crippen LogP contribution in [0.15, 0.2) is 36.0 Å². The van der Waals surface area contributed by atoms with Crippen LogP contribution >= 0.6 is 0 Å². The van der Waals surface area contributed by atoms with Crippen molar-refractivity contribution in [2.75, 3.05) is 51.1 Å². The molecule has 0 atom stereocenters. The zero-order chi connectivity index (χ0) is 20.6. The van der Waals surface area contributed by atoms with Crippen LogP contribution in [0.1, 0.15) is 32.6 Å². The first-order valence-electron chi connectivity index (χ1n) is 10.8. The van der Waals surface area contributed by atoms with E-state index in [4.69, 9.17) is 0 Å². The standard InChI is InChI=1S/C22H31FN4O2/c1-2-10-27(20-8-3-4-9-20)22(29)17-26-13-11-25(12-14-26)16-21(28)24-19-7-5-6-18(23)15-19/h5-8,15H,2-4,9-14,16-17H2,1H3,(H,24,28)/p+2. The molecule has 0 spiro atoms. The van der Waals surface area contributed by atoms with Gasteiger partial charge in [0, 0.05) is 17.9 Å². The summed E-state index contributed by atoms with van der Waals surface area (Å²) in [6.45, 7) is 7.29. The van der Waals surface area contributed by atoms with E-state index in [2.05, 4.69) is 18.3 Å². The summed E-state index contributed by atoms with van der Waals surface area (Å²) in [5, 5.41) is 2.76. The predicted molar refractivity (Wildman–Crippen MR) is 110 cm³/mol. The number of carbonyl (C=O) groups is 2. The van der Waals surface area contributed by atoms with Gasteiger partial charge in [0.1, 0.15) is 32.0 Å². The Labute approximate surface area is 172 Å². The molecule has 3 N–H and O–H groups in total. The predicted octanol–water partition coefficient (Wildman–Crippen LogP) is -0.146. The highest BCUT2D eigenvalue weighted by Gasteiger charge is 2.29. The van der Waals surface area contributed by atoms with Crippen molar-refractivity contribution in [3.05, 3.63) is 41.9 Å². The monoisotopic (exact) mass is 404 g/mol. The minimum Gasteiger partial charge on any atom is -0.321 e. The Hall–Kier alpha value is -2.25. The van der Waals surface area contributed by atoms with Crippen molar-refractivity contribution < 1.29 is 23.8 Å². The van der Waals surface area contributed by atoms with E-state index in [0.29, 0.717) is 18.8 Å². The van der Waals surface area contributed by atoms with Gasteiger partial charge in [0.25, 0.3) is 11.8 Å². The number of piperazine rings is 1. The van der Waals surface area contributed by atoms with Crippen molar-refractivity contribution >= 4 is 17.5 Å². The molecule has 1 aliphatic heterocycles. The number of hydrogen-bond acceptors (Lipinski definition) is 2. The Kier molecular flexibility index (Phi) is 7.77. The number of benzene rings is 1. The Morgan fingerprint density at radius 3 is 2.48 bits per heavy atom. The summed E-state index contributed by atoms with van der Waals surface area (Å²) < 4.78 is 13.2. The van der Waals surface area contributed by atoms with Crippen molar-refractivity contribution in [2.24, 2.45) is 0 Å². The average molecular weight is 405 g/mol. The summed E-state index contributed by atoms with van der Waals surface area (Å²) in [5.74, 6) is -0.239. The first kappa shape index (κ1) is 21.5. The number of halogens is 1. The highest BCUT2D eigenvalue weighted by atomic mass is 19.1. The number of nitrogens with zero attached hydrogens (tertiary/aromatic N) is 1. The average Bonchev–Trinajstić information content (AvgIpc) is 3.22. The normalized spacial score (nSPS) is 21.5. The molecule has 0 saturated carbocycles. The third kappa shape index (κ3) is 6.37. The molecule has 29 heavy (non-hydrogen) atoms. The van der Waals surface area contributed by atoms with Crippen LogP contribution in [0.25, 0.3) is 0 Å².